The van der Waals surface area contributed by atoms with E-state index in [1.165, 1.54) is 0 Å². The van der Waals surface area contributed by atoms with Crippen LogP contribution in [0.15, 0.2) is 54.6 Å². The second kappa shape index (κ2) is 11.5. The number of carbonyl (C=O) groups excluding carboxylic acids is 2. The maximum absolute atomic E-state index is 12.7. The summed E-state index contributed by atoms with van der Waals surface area (Å²) in [6.45, 7) is 9.64. The van der Waals surface area contributed by atoms with Gasteiger partial charge in [-0.15, -0.1) is 0 Å². The smallest absolute Gasteiger partial charge is 0.410 e. The fourth-order valence-electron chi connectivity index (χ4n) is 4.46. The number of amides is 2. The van der Waals surface area contributed by atoms with Crippen LogP contribution in [0.1, 0.15) is 39.2 Å². The average molecular weight is 496 g/mol. The minimum atomic E-state index is -0.503. The summed E-state index contributed by atoms with van der Waals surface area (Å²) in [7, 11) is 0. The second-order valence-corrected chi connectivity index (χ2v) is 10.3. The molecule has 2 heterocycles. The number of hydrogen-bond donors (Lipinski definition) is 0. The Balaban J connectivity index is 1.32. The molecule has 2 fully saturated rings. The number of anilines is 1. The van der Waals surface area contributed by atoms with Crippen LogP contribution in [-0.2, 0) is 16.1 Å². The fourth-order valence-corrected chi connectivity index (χ4v) is 4.46. The summed E-state index contributed by atoms with van der Waals surface area (Å²) in [5.41, 5.74) is 1.47. The van der Waals surface area contributed by atoms with Gasteiger partial charge in [0.2, 0.25) is 0 Å². The zero-order chi connectivity index (χ0) is 25.5. The van der Waals surface area contributed by atoms with E-state index in [0.29, 0.717) is 39.3 Å². The summed E-state index contributed by atoms with van der Waals surface area (Å²) in [6, 6.07) is 17.7. The van der Waals surface area contributed by atoms with Crippen molar-refractivity contribution in [2.24, 2.45) is 0 Å². The van der Waals surface area contributed by atoms with E-state index < -0.39 is 5.60 Å². The number of likely N-dealkylation sites (tertiary alicyclic amines) is 1. The second-order valence-electron chi connectivity index (χ2n) is 10.3. The standard InChI is InChI=1S/C28H37N3O5/c1-28(2,3)36-27(33)30-18-16-29(17-19-30)24-13-7-8-14-25(24)35-23-12-9-15-31(20-23)26(32)34-21-22-10-5-4-6-11-22/h4-8,10-11,13-14,23H,9,12,15-21H2,1-3H3. The third-order valence-electron chi connectivity index (χ3n) is 6.27. The highest BCUT2D eigenvalue weighted by molar-refractivity contribution is 5.69. The largest absolute Gasteiger partial charge is 0.486 e. The molecule has 8 nitrogen and oxygen atoms in total. The molecule has 0 radical (unpaired) electrons. The molecule has 0 bridgehead atoms. The highest BCUT2D eigenvalue weighted by atomic mass is 16.6. The highest BCUT2D eigenvalue weighted by Crippen LogP contribution is 2.31. The Labute approximate surface area is 213 Å². The third kappa shape index (κ3) is 7.06. The first-order valence-electron chi connectivity index (χ1n) is 12.7. The van der Waals surface area contributed by atoms with Crippen LogP contribution in [0, 0.1) is 0 Å². The van der Waals surface area contributed by atoms with Gasteiger partial charge in [-0.1, -0.05) is 42.5 Å². The Morgan fingerprint density at radius 1 is 0.861 bits per heavy atom. The number of para-hydroxylation sites is 2. The van der Waals surface area contributed by atoms with E-state index in [-0.39, 0.29) is 24.9 Å². The molecule has 0 spiro atoms. The Morgan fingerprint density at radius 3 is 2.28 bits per heavy atom. The molecule has 0 aliphatic carbocycles. The first-order chi connectivity index (χ1) is 17.3. The molecule has 0 N–H and O–H groups in total. The van der Waals surface area contributed by atoms with Crippen LogP contribution < -0.4 is 9.64 Å². The third-order valence-corrected chi connectivity index (χ3v) is 6.27. The summed E-state index contributed by atoms with van der Waals surface area (Å²) in [6.07, 6.45) is 1.06. The predicted molar refractivity (Wildman–Crippen MR) is 138 cm³/mol. The first-order valence-corrected chi connectivity index (χ1v) is 12.7. The van der Waals surface area contributed by atoms with Gasteiger partial charge >= 0.3 is 12.2 Å². The lowest BCUT2D eigenvalue weighted by atomic mass is 10.1. The van der Waals surface area contributed by atoms with Crippen molar-refractivity contribution in [3.8, 4) is 5.75 Å². The van der Waals surface area contributed by atoms with Crippen LogP contribution in [0.3, 0.4) is 0 Å². The number of ether oxygens (including phenoxy) is 3. The molecule has 2 aromatic rings. The molecule has 2 amide bonds. The van der Waals surface area contributed by atoms with E-state index in [0.717, 1.165) is 29.8 Å². The molecular weight excluding hydrogens is 458 g/mol. The van der Waals surface area contributed by atoms with Crippen molar-refractivity contribution in [3.63, 3.8) is 0 Å². The SMILES string of the molecule is CC(C)(C)OC(=O)N1CCN(c2ccccc2OC2CCCN(C(=O)OCc3ccccc3)C2)CC1. The van der Waals surface area contributed by atoms with Crippen molar-refractivity contribution >= 4 is 17.9 Å². The Kier molecular flexibility index (Phi) is 8.23. The Hall–Kier alpha value is -3.42. The first kappa shape index (κ1) is 25.7. The molecule has 36 heavy (non-hydrogen) atoms. The van der Waals surface area contributed by atoms with Gasteiger partial charge in [0.15, 0.2) is 0 Å². The van der Waals surface area contributed by atoms with Gasteiger partial charge in [0.1, 0.15) is 24.1 Å². The average Bonchev–Trinajstić information content (AvgIpc) is 2.87. The van der Waals surface area contributed by atoms with Crippen molar-refractivity contribution in [2.45, 2.75) is 51.9 Å². The van der Waals surface area contributed by atoms with E-state index in [1.54, 1.807) is 9.80 Å². The molecule has 2 aliphatic heterocycles. The fraction of sp³-hybridized carbons (Fsp3) is 0.500. The van der Waals surface area contributed by atoms with E-state index >= 15 is 0 Å². The molecule has 8 heteroatoms. The van der Waals surface area contributed by atoms with Gasteiger partial charge < -0.3 is 28.9 Å². The van der Waals surface area contributed by atoms with Gasteiger partial charge in [0.05, 0.1) is 12.2 Å². The van der Waals surface area contributed by atoms with Crippen LogP contribution in [0.25, 0.3) is 0 Å². The maximum atomic E-state index is 12.7. The van der Waals surface area contributed by atoms with Crippen LogP contribution in [-0.4, -0.2) is 73.0 Å². The summed E-state index contributed by atoms with van der Waals surface area (Å²) in [5.74, 6) is 0.799. The van der Waals surface area contributed by atoms with E-state index in [9.17, 15) is 9.59 Å². The molecule has 0 saturated carbocycles. The summed E-state index contributed by atoms with van der Waals surface area (Å²) < 4.78 is 17.5. The van der Waals surface area contributed by atoms with Crippen molar-refractivity contribution in [1.82, 2.24) is 9.80 Å². The topological polar surface area (TPSA) is 71.6 Å². The lowest BCUT2D eigenvalue weighted by molar-refractivity contribution is 0.0240. The van der Waals surface area contributed by atoms with Crippen LogP contribution in [0.5, 0.6) is 5.75 Å². The number of hydrogen-bond acceptors (Lipinski definition) is 6. The van der Waals surface area contributed by atoms with Crippen LogP contribution in [0.4, 0.5) is 15.3 Å². The number of nitrogens with zero attached hydrogens (tertiary/aromatic N) is 3. The molecular formula is C28H37N3O5. The molecule has 2 aliphatic rings. The van der Waals surface area contributed by atoms with Crippen LogP contribution in [0.2, 0.25) is 0 Å². The zero-order valence-electron chi connectivity index (χ0n) is 21.5. The molecule has 2 aromatic carbocycles. The van der Waals surface area contributed by atoms with Gasteiger partial charge in [-0.25, -0.2) is 9.59 Å². The van der Waals surface area contributed by atoms with Crippen molar-refractivity contribution < 1.29 is 23.8 Å². The van der Waals surface area contributed by atoms with Crippen molar-refractivity contribution in [3.05, 3.63) is 60.2 Å². The summed E-state index contributed by atoms with van der Waals surface area (Å²) >= 11 is 0. The predicted octanol–water partition coefficient (Wildman–Crippen LogP) is 4.92. The number of carbonyl (C=O) groups is 2. The quantitative estimate of drug-likeness (QED) is 0.586. The minimum absolute atomic E-state index is 0.104. The van der Waals surface area contributed by atoms with E-state index in [4.69, 9.17) is 14.2 Å². The lowest BCUT2D eigenvalue weighted by Crippen LogP contribution is -2.50. The number of rotatable bonds is 5. The van der Waals surface area contributed by atoms with Gasteiger partial charge in [-0.05, 0) is 51.3 Å². The van der Waals surface area contributed by atoms with Gasteiger partial charge in [-0.3, -0.25) is 0 Å². The molecule has 1 atom stereocenters. The normalized spacial score (nSPS) is 18.5. The summed E-state index contributed by atoms with van der Waals surface area (Å²) in [5, 5.41) is 0. The molecule has 4 rings (SSSR count). The van der Waals surface area contributed by atoms with Gasteiger partial charge in [0, 0.05) is 32.7 Å². The maximum Gasteiger partial charge on any atom is 0.410 e. The lowest BCUT2D eigenvalue weighted by Gasteiger charge is -2.38. The van der Waals surface area contributed by atoms with Gasteiger partial charge in [0.25, 0.3) is 0 Å². The molecule has 0 aromatic heterocycles. The van der Waals surface area contributed by atoms with E-state index in [1.807, 2.05) is 75.4 Å². The highest BCUT2D eigenvalue weighted by Gasteiger charge is 2.29. The zero-order valence-corrected chi connectivity index (χ0v) is 21.5. The monoisotopic (exact) mass is 495 g/mol. The van der Waals surface area contributed by atoms with E-state index in [2.05, 4.69) is 4.90 Å². The molecule has 194 valence electrons. The Bertz CT molecular complexity index is 1020. The number of piperazine rings is 1. The van der Waals surface area contributed by atoms with Gasteiger partial charge in [-0.2, -0.15) is 0 Å². The number of piperidine rings is 1. The molecule has 2 saturated heterocycles. The van der Waals surface area contributed by atoms with Crippen LogP contribution >= 0.6 is 0 Å². The van der Waals surface area contributed by atoms with Crippen molar-refractivity contribution in [1.29, 1.82) is 0 Å². The number of benzene rings is 2. The van der Waals surface area contributed by atoms with Crippen molar-refractivity contribution in [2.75, 3.05) is 44.2 Å². The Morgan fingerprint density at radius 2 is 1.56 bits per heavy atom. The minimum Gasteiger partial charge on any atom is -0.486 e. The summed E-state index contributed by atoms with van der Waals surface area (Å²) in [4.78, 5) is 30.8. The molecule has 1 unspecified atom stereocenters.